The molecule has 0 unspecified atom stereocenters. The summed E-state index contributed by atoms with van der Waals surface area (Å²) in [5, 5.41) is 4.20. The van der Waals surface area contributed by atoms with Crippen LogP contribution in [0.4, 0.5) is 0 Å². The highest BCUT2D eigenvalue weighted by Crippen LogP contribution is 2.37. The first kappa shape index (κ1) is 17.0. The quantitative estimate of drug-likeness (QED) is 0.809. The third-order valence-corrected chi connectivity index (χ3v) is 6.04. The third-order valence-electron chi connectivity index (χ3n) is 5.34. The van der Waals surface area contributed by atoms with Crippen molar-refractivity contribution in [3.63, 3.8) is 0 Å². The van der Waals surface area contributed by atoms with Crippen LogP contribution >= 0.6 is 11.3 Å². The van der Waals surface area contributed by atoms with Crippen molar-refractivity contribution in [1.29, 1.82) is 0 Å². The van der Waals surface area contributed by atoms with Crippen molar-refractivity contribution in [3.8, 4) is 0 Å². The van der Waals surface area contributed by atoms with Crippen molar-refractivity contribution in [2.24, 2.45) is 0 Å². The molecule has 134 valence electrons. The summed E-state index contributed by atoms with van der Waals surface area (Å²) < 4.78 is 0. The minimum Gasteiger partial charge on any atom is -0.336 e. The molecule has 5 heteroatoms. The predicted molar refractivity (Wildman–Crippen MR) is 103 cm³/mol. The molecule has 2 aromatic rings. The molecule has 2 aliphatic heterocycles. The monoisotopic (exact) mass is 366 g/mol. The van der Waals surface area contributed by atoms with Crippen LogP contribution in [0.2, 0.25) is 0 Å². The van der Waals surface area contributed by atoms with E-state index in [2.05, 4.69) is 16.8 Å². The van der Waals surface area contributed by atoms with Gasteiger partial charge in [0.05, 0.1) is 18.5 Å². The van der Waals surface area contributed by atoms with Gasteiger partial charge in [-0.25, -0.2) is 0 Å². The highest BCUT2D eigenvalue weighted by Gasteiger charge is 2.34. The molecule has 0 saturated carbocycles. The highest BCUT2D eigenvalue weighted by molar-refractivity contribution is 7.08. The predicted octanol–water partition coefficient (Wildman–Crippen LogP) is 4.38. The minimum absolute atomic E-state index is 0.0376. The van der Waals surface area contributed by atoms with E-state index in [0.29, 0.717) is 6.42 Å². The Bertz CT molecular complexity index is 843. The van der Waals surface area contributed by atoms with Crippen LogP contribution < -0.4 is 0 Å². The van der Waals surface area contributed by atoms with E-state index >= 15 is 0 Å². The van der Waals surface area contributed by atoms with E-state index in [1.165, 1.54) is 5.56 Å². The third kappa shape index (κ3) is 3.07. The summed E-state index contributed by atoms with van der Waals surface area (Å²) in [4.78, 5) is 29.0. The second-order valence-corrected chi connectivity index (χ2v) is 7.67. The number of fused-ring (bicyclic) bond motifs is 1. The maximum Gasteiger partial charge on any atom is 0.225 e. The SMILES string of the molecule is CC(=O)N1C=Cc2ccccc2[C@H]1CC(=O)N1CCC[C@H]1c1ccsc1. The van der Waals surface area contributed by atoms with Gasteiger partial charge < -0.3 is 9.80 Å². The van der Waals surface area contributed by atoms with Gasteiger partial charge in [0.1, 0.15) is 0 Å². The molecule has 4 rings (SSSR count). The van der Waals surface area contributed by atoms with Gasteiger partial charge in [0.2, 0.25) is 11.8 Å². The van der Waals surface area contributed by atoms with Crippen LogP contribution in [0.1, 0.15) is 55.0 Å². The standard InChI is InChI=1S/C21H22N2O2S/c1-15(24)22-11-8-16-5-2-3-6-18(16)20(22)13-21(25)23-10-4-7-19(23)17-9-12-26-14-17/h2-3,5-6,8-9,11-12,14,19-20H,4,7,10,13H2,1H3/t19-,20+/m0/s1. The van der Waals surface area contributed by atoms with Crippen molar-refractivity contribution >= 4 is 29.2 Å². The van der Waals surface area contributed by atoms with Crippen LogP contribution in [-0.2, 0) is 9.59 Å². The average molecular weight is 366 g/mol. The maximum absolute atomic E-state index is 13.2. The first-order valence-corrected chi connectivity index (χ1v) is 9.97. The molecule has 2 amide bonds. The van der Waals surface area contributed by atoms with Gasteiger partial charge in [-0.2, -0.15) is 11.3 Å². The summed E-state index contributed by atoms with van der Waals surface area (Å²) in [6, 6.07) is 10.1. The number of thiophene rings is 1. The van der Waals surface area contributed by atoms with E-state index in [9.17, 15) is 9.59 Å². The maximum atomic E-state index is 13.2. The van der Waals surface area contributed by atoms with Crippen molar-refractivity contribution in [2.45, 2.75) is 38.3 Å². The van der Waals surface area contributed by atoms with Crippen LogP contribution in [0.5, 0.6) is 0 Å². The molecule has 0 spiro atoms. The fourth-order valence-electron chi connectivity index (χ4n) is 4.07. The van der Waals surface area contributed by atoms with E-state index in [4.69, 9.17) is 0 Å². The molecule has 1 aromatic heterocycles. The van der Waals surface area contributed by atoms with Crippen LogP contribution in [-0.4, -0.2) is 28.2 Å². The lowest BCUT2D eigenvalue weighted by molar-refractivity contribution is -0.135. The molecule has 2 atom stereocenters. The number of likely N-dealkylation sites (tertiary alicyclic amines) is 1. The lowest BCUT2D eigenvalue weighted by Crippen LogP contribution is -2.37. The zero-order valence-electron chi connectivity index (χ0n) is 14.8. The molecule has 1 saturated heterocycles. The van der Waals surface area contributed by atoms with Gasteiger partial charge in [0.15, 0.2) is 0 Å². The van der Waals surface area contributed by atoms with Gasteiger partial charge in [-0.05, 0) is 52.4 Å². The van der Waals surface area contributed by atoms with Gasteiger partial charge >= 0.3 is 0 Å². The summed E-state index contributed by atoms with van der Waals surface area (Å²) in [5.74, 6) is 0.0874. The molecule has 1 fully saturated rings. The van der Waals surface area contributed by atoms with E-state index in [1.807, 2.05) is 41.4 Å². The van der Waals surface area contributed by atoms with Crippen molar-refractivity contribution in [1.82, 2.24) is 9.80 Å². The Morgan fingerprint density at radius 1 is 1.23 bits per heavy atom. The zero-order valence-corrected chi connectivity index (χ0v) is 15.6. The summed E-state index contributed by atoms with van der Waals surface area (Å²) >= 11 is 1.67. The largest absolute Gasteiger partial charge is 0.336 e. The molecule has 0 bridgehead atoms. The molecular formula is C21H22N2O2S. The molecule has 2 aliphatic rings. The van der Waals surface area contributed by atoms with Gasteiger partial charge in [-0.3, -0.25) is 9.59 Å². The number of hydrogen-bond acceptors (Lipinski definition) is 3. The van der Waals surface area contributed by atoms with Crippen LogP contribution in [0.25, 0.3) is 6.08 Å². The fraction of sp³-hybridized carbons (Fsp3) is 0.333. The smallest absolute Gasteiger partial charge is 0.225 e. The van der Waals surface area contributed by atoms with Crippen molar-refractivity contribution in [2.75, 3.05) is 6.54 Å². The molecule has 3 heterocycles. The van der Waals surface area contributed by atoms with E-state index in [0.717, 1.165) is 30.5 Å². The molecule has 4 nitrogen and oxygen atoms in total. The lowest BCUT2D eigenvalue weighted by Gasteiger charge is -2.34. The molecule has 1 aromatic carbocycles. The van der Waals surface area contributed by atoms with Crippen LogP contribution in [0, 0.1) is 0 Å². The number of benzene rings is 1. The Kier molecular flexibility index (Phi) is 4.64. The van der Waals surface area contributed by atoms with Crippen molar-refractivity contribution < 1.29 is 9.59 Å². The van der Waals surface area contributed by atoms with E-state index in [1.54, 1.807) is 23.2 Å². The number of rotatable bonds is 3. The molecule has 0 radical (unpaired) electrons. The Labute approximate surface area is 157 Å². The number of hydrogen-bond donors (Lipinski definition) is 0. The summed E-state index contributed by atoms with van der Waals surface area (Å²) in [7, 11) is 0. The minimum atomic E-state index is -0.232. The van der Waals surface area contributed by atoms with Crippen LogP contribution in [0.15, 0.2) is 47.3 Å². The molecule has 0 aliphatic carbocycles. The second-order valence-electron chi connectivity index (χ2n) is 6.89. The first-order valence-electron chi connectivity index (χ1n) is 9.03. The van der Waals surface area contributed by atoms with Crippen molar-refractivity contribution in [3.05, 3.63) is 64.0 Å². The Morgan fingerprint density at radius 2 is 2.08 bits per heavy atom. The highest BCUT2D eigenvalue weighted by atomic mass is 32.1. The number of carbonyl (C=O) groups excluding carboxylic acids is 2. The van der Waals surface area contributed by atoms with Crippen LogP contribution in [0.3, 0.4) is 0 Å². The van der Waals surface area contributed by atoms with Gasteiger partial charge in [-0.1, -0.05) is 24.3 Å². The van der Waals surface area contributed by atoms with Gasteiger partial charge in [0, 0.05) is 19.7 Å². The summed E-state index contributed by atoms with van der Waals surface area (Å²) in [6.07, 6.45) is 6.12. The first-order chi connectivity index (χ1) is 12.6. The fourth-order valence-corrected chi connectivity index (χ4v) is 4.78. The number of carbonyl (C=O) groups is 2. The second kappa shape index (κ2) is 7.08. The summed E-state index contributed by atoms with van der Waals surface area (Å²) in [5.41, 5.74) is 3.36. The number of nitrogens with zero attached hydrogens (tertiary/aromatic N) is 2. The van der Waals surface area contributed by atoms with Gasteiger partial charge in [-0.15, -0.1) is 0 Å². The average Bonchev–Trinajstić information content (AvgIpc) is 3.32. The Morgan fingerprint density at radius 3 is 2.85 bits per heavy atom. The Hall–Kier alpha value is -2.40. The normalized spacial score (nSPS) is 21.7. The molecule has 26 heavy (non-hydrogen) atoms. The van der Waals surface area contributed by atoms with Gasteiger partial charge in [0.25, 0.3) is 0 Å². The Balaban J connectivity index is 1.59. The molecular weight excluding hydrogens is 344 g/mol. The number of amides is 2. The topological polar surface area (TPSA) is 40.6 Å². The van der Waals surface area contributed by atoms with E-state index < -0.39 is 0 Å². The molecule has 0 N–H and O–H groups in total. The lowest BCUT2D eigenvalue weighted by atomic mass is 9.93. The zero-order chi connectivity index (χ0) is 18.1. The summed E-state index contributed by atoms with van der Waals surface area (Å²) in [6.45, 7) is 2.35. The van der Waals surface area contributed by atoms with E-state index in [-0.39, 0.29) is 23.9 Å².